The van der Waals surface area contributed by atoms with Crippen molar-refractivity contribution in [1.82, 2.24) is 5.06 Å². The maximum Gasteiger partial charge on any atom is 0.263 e. The molecule has 6 nitrogen and oxygen atoms in total. The number of hydrogen-bond acceptors (Lipinski definition) is 6. The van der Waals surface area contributed by atoms with Crippen molar-refractivity contribution in [2.45, 2.75) is 26.2 Å². The highest BCUT2D eigenvalue weighted by atomic mass is 32.2. The number of rotatable bonds is 4. The zero-order valence-electron chi connectivity index (χ0n) is 8.82. The van der Waals surface area contributed by atoms with Gasteiger partial charge in [0.15, 0.2) is 5.12 Å². The van der Waals surface area contributed by atoms with Crippen molar-refractivity contribution >= 4 is 34.6 Å². The highest BCUT2D eigenvalue weighted by Crippen LogP contribution is 2.13. The molecule has 0 aromatic rings. The van der Waals surface area contributed by atoms with Crippen molar-refractivity contribution < 1.29 is 19.2 Å². The van der Waals surface area contributed by atoms with Gasteiger partial charge in [-0.3, -0.25) is 19.8 Å². The Balaban J connectivity index is 2.31. The van der Waals surface area contributed by atoms with E-state index in [1.807, 2.05) is 0 Å². The molecule has 1 heterocycles. The molecule has 7 heteroatoms. The highest BCUT2D eigenvalue weighted by Gasteiger charge is 2.31. The molecule has 16 heavy (non-hydrogen) atoms. The summed E-state index contributed by atoms with van der Waals surface area (Å²) in [4.78, 5) is 37.7. The third kappa shape index (κ3) is 3.65. The molecule has 0 aromatic heterocycles. The van der Waals surface area contributed by atoms with Gasteiger partial charge in [-0.05, 0) is 0 Å². The lowest BCUT2D eigenvalue weighted by molar-refractivity contribution is -0.167. The largest absolute Gasteiger partial charge is 0.354 e. The molecule has 1 rings (SSSR count). The summed E-state index contributed by atoms with van der Waals surface area (Å²) < 4.78 is 0. The van der Waals surface area contributed by atoms with Gasteiger partial charge in [0.1, 0.15) is 0 Å². The van der Waals surface area contributed by atoms with E-state index in [0.29, 0.717) is 10.8 Å². The van der Waals surface area contributed by atoms with E-state index in [1.165, 1.54) is 6.92 Å². The van der Waals surface area contributed by atoms with E-state index in [0.717, 1.165) is 11.8 Å². The lowest BCUT2D eigenvalue weighted by Gasteiger charge is -2.14. The number of thioether (sulfide) groups is 1. The van der Waals surface area contributed by atoms with Gasteiger partial charge in [0.2, 0.25) is 5.90 Å². The van der Waals surface area contributed by atoms with Gasteiger partial charge in [-0.15, -0.1) is 5.06 Å². The fourth-order valence-corrected chi connectivity index (χ4v) is 1.68. The second-order valence-electron chi connectivity index (χ2n) is 3.19. The lowest BCUT2D eigenvalue weighted by Crippen LogP contribution is -2.31. The van der Waals surface area contributed by atoms with Crippen LogP contribution in [0.5, 0.6) is 0 Å². The van der Waals surface area contributed by atoms with E-state index in [-0.39, 0.29) is 30.3 Å². The Morgan fingerprint density at radius 3 is 2.50 bits per heavy atom. The number of imide groups is 1. The summed E-state index contributed by atoms with van der Waals surface area (Å²) in [6, 6.07) is 0. The van der Waals surface area contributed by atoms with Gasteiger partial charge in [0.05, 0.1) is 0 Å². The molecule has 0 unspecified atom stereocenters. The van der Waals surface area contributed by atoms with Crippen molar-refractivity contribution in [3.8, 4) is 0 Å². The lowest BCUT2D eigenvalue weighted by atomic mass is 10.4. The number of hydrogen-bond donors (Lipinski definition) is 1. The van der Waals surface area contributed by atoms with Crippen molar-refractivity contribution in [2.24, 2.45) is 0 Å². The third-order valence-corrected chi connectivity index (χ3v) is 2.66. The van der Waals surface area contributed by atoms with Crippen LogP contribution in [0.25, 0.3) is 0 Å². The van der Waals surface area contributed by atoms with Gasteiger partial charge >= 0.3 is 0 Å². The fraction of sp³-hybridized carbons (Fsp3) is 0.556. The molecule has 1 fully saturated rings. The standard InChI is InChI=1S/C9H12N2O4S/c1-6(12)16-5-4-7(10)15-11-8(13)2-3-9(11)14/h10H,2-5H2,1H3. The first-order valence-electron chi connectivity index (χ1n) is 4.75. The van der Waals surface area contributed by atoms with E-state index < -0.39 is 11.8 Å². The molecule has 0 aromatic carbocycles. The molecule has 1 aliphatic heterocycles. The molecule has 88 valence electrons. The predicted molar refractivity (Wildman–Crippen MR) is 57.7 cm³/mol. The number of carbonyl (C=O) groups excluding carboxylic acids is 3. The molecular weight excluding hydrogens is 232 g/mol. The summed E-state index contributed by atoms with van der Waals surface area (Å²) >= 11 is 1.07. The van der Waals surface area contributed by atoms with E-state index in [1.54, 1.807) is 0 Å². The summed E-state index contributed by atoms with van der Waals surface area (Å²) in [5.74, 6) is -0.620. The minimum atomic E-state index is -0.422. The molecule has 1 N–H and O–H groups in total. The van der Waals surface area contributed by atoms with E-state index >= 15 is 0 Å². The van der Waals surface area contributed by atoms with Gasteiger partial charge in [0, 0.05) is 31.9 Å². The first kappa shape index (κ1) is 12.7. The molecule has 0 radical (unpaired) electrons. The molecular formula is C9H12N2O4S. The number of hydroxylamine groups is 2. The third-order valence-electron chi connectivity index (χ3n) is 1.84. The average molecular weight is 244 g/mol. The number of nitrogens with one attached hydrogen (secondary N) is 1. The quantitative estimate of drug-likeness (QED) is 0.447. The Kier molecular flexibility index (Phi) is 4.48. The highest BCUT2D eigenvalue weighted by molar-refractivity contribution is 8.13. The van der Waals surface area contributed by atoms with Crippen molar-refractivity contribution in [3.63, 3.8) is 0 Å². The van der Waals surface area contributed by atoms with Crippen molar-refractivity contribution in [3.05, 3.63) is 0 Å². The first-order chi connectivity index (χ1) is 7.50. The first-order valence-corrected chi connectivity index (χ1v) is 5.74. The minimum absolute atomic E-state index is 0.0406. The van der Waals surface area contributed by atoms with Gasteiger partial charge in [-0.25, -0.2) is 0 Å². The van der Waals surface area contributed by atoms with Gasteiger partial charge in [-0.2, -0.15) is 0 Å². The molecule has 0 bridgehead atoms. The normalized spacial score (nSPS) is 15.4. The molecule has 0 spiro atoms. The fourth-order valence-electron chi connectivity index (χ4n) is 1.10. The van der Waals surface area contributed by atoms with E-state index in [2.05, 4.69) is 0 Å². The van der Waals surface area contributed by atoms with Crippen LogP contribution in [0, 0.1) is 5.41 Å². The Morgan fingerprint density at radius 2 is 2.00 bits per heavy atom. The zero-order chi connectivity index (χ0) is 12.1. The van der Waals surface area contributed by atoms with Crippen LogP contribution in [-0.4, -0.2) is 33.6 Å². The summed E-state index contributed by atoms with van der Waals surface area (Å²) in [5.41, 5.74) is 0. The summed E-state index contributed by atoms with van der Waals surface area (Å²) in [7, 11) is 0. The molecule has 2 amide bonds. The van der Waals surface area contributed by atoms with Gasteiger partial charge in [-0.1, -0.05) is 11.8 Å². The SMILES string of the molecule is CC(=O)SCCC(=N)ON1C(=O)CCC1=O. The molecule has 0 atom stereocenters. The molecule has 1 aliphatic rings. The van der Waals surface area contributed by atoms with Crippen LogP contribution in [0.15, 0.2) is 0 Å². The monoisotopic (exact) mass is 244 g/mol. The van der Waals surface area contributed by atoms with Crippen molar-refractivity contribution in [2.75, 3.05) is 5.75 Å². The van der Waals surface area contributed by atoms with E-state index in [9.17, 15) is 14.4 Å². The van der Waals surface area contributed by atoms with Crippen molar-refractivity contribution in [1.29, 1.82) is 5.41 Å². The van der Waals surface area contributed by atoms with Crippen LogP contribution in [0.3, 0.4) is 0 Å². The number of nitrogens with zero attached hydrogens (tertiary/aromatic N) is 1. The van der Waals surface area contributed by atoms with Crippen LogP contribution in [0.4, 0.5) is 0 Å². The summed E-state index contributed by atoms with van der Waals surface area (Å²) in [6.07, 6.45) is 0.476. The van der Waals surface area contributed by atoms with E-state index in [4.69, 9.17) is 10.2 Å². The van der Waals surface area contributed by atoms with Crippen LogP contribution in [0.1, 0.15) is 26.2 Å². The van der Waals surface area contributed by atoms with Crippen LogP contribution >= 0.6 is 11.8 Å². The second kappa shape index (κ2) is 5.64. The number of amides is 2. The average Bonchev–Trinajstić information content (AvgIpc) is 2.49. The predicted octanol–water partition coefficient (Wildman–Crippen LogP) is 0.714. The summed E-state index contributed by atoms with van der Waals surface area (Å²) in [6.45, 7) is 1.43. The Labute approximate surface area is 96.8 Å². The topological polar surface area (TPSA) is 87.5 Å². The second-order valence-corrected chi connectivity index (χ2v) is 4.46. The smallest absolute Gasteiger partial charge is 0.263 e. The Bertz CT molecular complexity index is 326. The number of carbonyl (C=O) groups is 3. The van der Waals surface area contributed by atoms with Crippen LogP contribution < -0.4 is 0 Å². The Hall–Kier alpha value is -1.37. The summed E-state index contributed by atoms with van der Waals surface area (Å²) in [5, 5.41) is 7.97. The van der Waals surface area contributed by atoms with Gasteiger partial charge < -0.3 is 4.84 Å². The maximum absolute atomic E-state index is 11.1. The van der Waals surface area contributed by atoms with Gasteiger partial charge in [0.25, 0.3) is 11.8 Å². The molecule has 0 saturated carbocycles. The molecule has 0 aliphatic carbocycles. The maximum atomic E-state index is 11.1. The molecule has 1 saturated heterocycles. The van der Waals surface area contributed by atoms with Crippen LogP contribution in [-0.2, 0) is 19.2 Å². The Morgan fingerprint density at radius 1 is 1.44 bits per heavy atom. The zero-order valence-corrected chi connectivity index (χ0v) is 9.63. The minimum Gasteiger partial charge on any atom is -0.354 e. The van der Waals surface area contributed by atoms with Crippen LogP contribution in [0.2, 0.25) is 0 Å².